The summed E-state index contributed by atoms with van der Waals surface area (Å²) in [6, 6.07) is 0. The third-order valence-corrected chi connectivity index (χ3v) is 2.65. The molecule has 0 heterocycles. The SMILES string of the molecule is COC(=O)C1=CCC=C(CCC=C(C)C)C1. The molecule has 0 saturated carbocycles. The van der Waals surface area contributed by atoms with Crippen molar-refractivity contribution in [3.05, 3.63) is 34.9 Å². The Bertz CT molecular complexity index is 342. The van der Waals surface area contributed by atoms with E-state index >= 15 is 0 Å². The Labute approximate surface area is 97.7 Å². The Kier molecular flexibility index (Phi) is 5.03. The first kappa shape index (κ1) is 12.8. The average molecular weight is 220 g/mol. The van der Waals surface area contributed by atoms with Crippen LogP contribution in [0.25, 0.3) is 0 Å². The van der Waals surface area contributed by atoms with Gasteiger partial charge in [-0.05, 0) is 33.1 Å². The van der Waals surface area contributed by atoms with Crippen LogP contribution in [0.2, 0.25) is 0 Å². The van der Waals surface area contributed by atoms with Crippen molar-refractivity contribution in [1.82, 2.24) is 0 Å². The molecule has 0 bridgehead atoms. The highest BCUT2D eigenvalue weighted by molar-refractivity contribution is 5.89. The Morgan fingerprint density at radius 1 is 1.44 bits per heavy atom. The molecule has 0 amide bonds. The largest absolute Gasteiger partial charge is 0.466 e. The van der Waals surface area contributed by atoms with Crippen molar-refractivity contribution in [2.75, 3.05) is 7.11 Å². The van der Waals surface area contributed by atoms with Gasteiger partial charge in [0.25, 0.3) is 0 Å². The zero-order valence-electron chi connectivity index (χ0n) is 10.4. The van der Waals surface area contributed by atoms with Gasteiger partial charge in [-0.25, -0.2) is 4.79 Å². The van der Waals surface area contributed by atoms with Crippen molar-refractivity contribution in [3.63, 3.8) is 0 Å². The van der Waals surface area contributed by atoms with Crippen LogP contribution in [0.4, 0.5) is 0 Å². The molecule has 1 aliphatic rings. The van der Waals surface area contributed by atoms with E-state index in [9.17, 15) is 4.79 Å². The van der Waals surface area contributed by atoms with E-state index in [1.165, 1.54) is 18.3 Å². The van der Waals surface area contributed by atoms with Gasteiger partial charge in [0.05, 0.1) is 7.11 Å². The topological polar surface area (TPSA) is 26.3 Å². The minimum atomic E-state index is -0.187. The van der Waals surface area contributed by atoms with E-state index in [-0.39, 0.29) is 5.97 Å². The zero-order chi connectivity index (χ0) is 12.0. The Morgan fingerprint density at radius 3 is 2.81 bits per heavy atom. The lowest BCUT2D eigenvalue weighted by Crippen LogP contribution is -2.08. The van der Waals surface area contributed by atoms with E-state index in [2.05, 4.69) is 26.0 Å². The highest BCUT2D eigenvalue weighted by Gasteiger charge is 2.13. The highest BCUT2D eigenvalue weighted by Crippen LogP contribution is 2.23. The Balaban J connectivity index is 2.44. The van der Waals surface area contributed by atoms with Gasteiger partial charge >= 0.3 is 5.97 Å². The van der Waals surface area contributed by atoms with Crippen LogP contribution in [0.15, 0.2) is 34.9 Å². The smallest absolute Gasteiger partial charge is 0.333 e. The van der Waals surface area contributed by atoms with Crippen molar-refractivity contribution in [3.8, 4) is 0 Å². The quantitative estimate of drug-likeness (QED) is 0.535. The van der Waals surface area contributed by atoms with Crippen molar-refractivity contribution >= 4 is 5.97 Å². The second-order valence-electron chi connectivity index (χ2n) is 4.32. The molecule has 0 unspecified atom stereocenters. The fourth-order valence-corrected chi connectivity index (χ4v) is 1.78. The lowest BCUT2D eigenvalue weighted by atomic mass is 9.94. The number of ether oxygens (including phenoxy) is 1. The number of rotatable bonds is 4. The van der Waals surface area contributed by atoms with Crippen LogP contribution in [0.1, 0.15) is 39.5 Å². The van der Waals surface area contributed by atoms with Gasteiger partial charge in [-0.1, -0.05) is 29.4 Å². The lowest BCUT2D eigenvalue weighted by Gasteiger charge is -2.13. The van der Waals surface area contributed by atoms with Crippen molar-refractivity contribution in [1.29, 1.82) is 0 Å². The summed E-state index contributed by atoms with van der Waals surface area (Å²) < 4.78 is 4.73. The second kappa shape index (κ2) is 6.31. The standard InChI is InChI=1S/C14H20O2/c1-11(2)6-4-7-12-8-5-9-13(10-12)14(15)16-3/h6,8-9H,4-5,7,10H2,1-3H3. The molecule has 0 N–H and O–H groups in total. The fourth-order valence-electron chi connectivity index (χ4n) is 1.78. The molecule has 0 aromatic carbocycles. The van der Waals surface area contributed by atoms with E-state index < -0.39 is 0 Å². The molecule has 0 spiro atoms. The van der Waals surface area contributed by atoms with Crippen LogP contribution >= 0.6 is 0 Å². The van der Waals surface area contributed by atoms with Crippen LogP contribution < -0.4 is 0 Å². The number of hydrogen-bond acceptors (Lipinski definition) is 2. The normalized spacial score (nSPS) is 14.9. The number of hydrogen-bond donors (Lipinski definition) is 0. The van der Waals surface area contributed by atoms with E-state index in [0.717, 1.165) is 31.3 Å². The maximum atomic E-state index is 11.4. The van der Waals surface area contributed by atoms with Gasteiger partial charge in [0.15, 0.2) is 0 Å². The van der Waals surface area contributed by atoms with Gasteiger partial charge < -0.3 is 4.74 Å². The molecule has 0 saturated heterocycles. The van der Waals surface area contributed by atoms with Gasteiger partial charge in [-0.2, -0.15) is 0 Å². The summed E-state index contributed by atoms with van der Waals surface area (Å²) in [6.07, 6.45) is 10.1. The Hall–Kier alpha value is -1.31. The second-order valence-corrected chi connectivity index (χ2v) is 4.32. The molecule has 0 aromatic heterocycles. The lowest BCUT2D eigenvalue weighted by molar-refractivity contribution is -0.136. The van der Waals surface area contributed by atoms with Crippen molar-refractivity contribution < 1.29 is 9.53 Å². The molecule has 1 rings (SSSR count). The van der Waals surface area contributed by atoms with Crippen LogP contribution in [-0.4, -0.2) is 13.1 Å². The van der Waals surface area contributed by atoms with Gasteiger partial charge in [-0.15, -0.1) is 0 Å². The molecule has 1 aliphatic carbocycles. The molecule has 88 valence electrons. The van der Waals surface area contributed by atoms with Gasteiger partial charge in [0.1, 0.15) is 0 Å². The summed E-state index contributed by atoms with van der Waals surface area (Å²) in [5, 5.41) is 0. The van der Waals surface area contributed by atoms with Crippen LogP contribution in [0.3, 0.4) is 0 Å². The molecule has 0 aromatic rings. The van der Waals surface area contributed by atoms with Gasteiger partial charge in [0.2, 0.25) is 0 Å². The van der Waals surface area contributed by atoms with Crippen molar-refractivity contribution in [2.45, 2.75) is 39.5 Å². The van der Waals surface area contributed by atoms with E-state index in [1.807, 2.05) is 6.08 Å². The molecule has 0 fully saturated rings. The summed E-state index contributed by atoms with van der Waals surface area (Å²) in [6.45, 7) is 4.21. The van der Waals surface area contributed by atoms with Crippen LogP contribution in [0.5, 0.6) is 0 Å². The number of carbonyl (C=O) groups is 1. The summed E-state index contributed by atoms with van der Waals surface area (Å²) in [4.78, 5) is 11.4. The number of allylic oxidation sites excluding steroid dienone is 5. The third-order valence-electron chi connectivity index (χ3n) is 2.65. The first-order valence-corrected chi connectivity index (χ1v) is 5.72. The maximum Gasteiger partial charge on any atom is 0.333 e. The first-order valence-electron chi connectivity index (χ1n) is 5.72. The van der Waals surface area contributed by atoms with Crippen molar-refractivity contribution in [2.24, 2.45) is 0 Å². The van der Waals surface area contributed by atoms with Gasteiger partial charge in [0, 0.05) is 12.0 Å². The fraction of sp³-hybridized carbons (Fsp3) is 0.500. The average Bonchev–Trinajstić information content (AvgIpc) is 2.28. The molecule has 2 nitrogen and oxygen atoms in total. The molecular formula is C14H20O2. The van der Waals surface area contributed by atoms with E-state index in [4.69, 9.17) is 4.74 Å². The van der Waals surface area contributed by atoms with E-state index in [1.54, 1.807) is 0 Å². The molecule has 0 aliphatic heterocycles. The molecular weight excluding hydrogens is 200 g/mol. The monoisotopic (exact) mass is 220 g/mol. The van der Waals surface area contributed by atoms with Crippen LogP contribution in [-0.2, 0) is 9.53 Å². The summed E-state index contributed by atoms with van der Waals surface area (Å²) in [7, 11) is 1.43. The minimum absolute atomic E-state index is 0.187. The molecule has 2 heteroatoms. The predicted molar refractivity (Wildman–Crippen MR) is 66.1 cm³/mol. The zero-order valence-corrected chi connectivity index (χ0v) is 10.4. The van der Waals surface area contributed by atoms with Crippen LogP contribution in [0, 0.1) is 0 Å². The number of carbonyl (C=O) groups excluding carboxylic acids is 1. The minimum Gasteiger partial charge on any atom is -0.466 e. The summed E-state index contributed by atoms with van der Waals surface area (Å²) >= 11 is 0. The highest BCUT2D eigenvalue weighted by atomic mass is 16.5. The maximum absolute atomic E-state index is 11.4. The molecule has 0 atom stereocenters. The molecule has 16 heavy (non-hydrogen) atoms. The number of esters is 1. The first-order chi connectivity index (χ1) is 7.63. The predicted octanol–water partition coefficient (Wildman–Crippen LogP) is 3.55. The summed E-state index contributed by atoms with van der Waals surface area (Å²) in [5.41, 5.74) is 3.50. The summed E-state index contributed by atoms with van der Waals surface area (Å²) in [5.74, 6) is -0.187. The number of methoxy groups -OCH3 is 1. The Morgan fingerprint density at radius 2 is 2.19 bits per heavy atom. The third kappa shape index (κ3) is 4.05. The van der Waals surface area contributed by atoms with E-state index in [0.29, 0.717) is 0 Å². The van der Waals surface area contributed by atoms with Gasteiger partial charge in [-0.3, -0.25) is 0 Å². The molecule has 0 radical (unpaired) electrons.